The van der Waals surface area contributed by atoms with E-state index in [2.05, 4.69) is 28.5 Å². The van der Waals surface area contributed by atoms with Gasteiger partial charge in [0.15, 0.2) is 4.34 Å². The lowest BCUT2D eigenvalue weighted by Gasteiger charge is -2.16. The third-order valence-electron chi connectivity index (χ3n) is 3.00. The van der Waals surface area contributed by atoms with E-state index in [0.717, 1.165) is 34.8 Å². The second-order valence-electron chi connectivity index (χ2n) is 4.54. The van der Waals surface area contributed by atoms with Gasteiger partial charge in [-0.1, -0.05) is 25.6 Å². The summed E-state index contributed by atoms with van der Waals surface area (Å²) in [7, 11) is 0. The number of thioether (sulfide) groups is 1. The van der Waals surface area contributed by atoms with Crippen molar-refractivity contribution in [2.45, 2.75) is 49.9 Å². The first-order chi connectivity index (χ1) is 8.33. The molecule has 1 fully saturated rings. The first-order valence-electron chi connectivity index (χ1n) is 6.52. The maximum atomic E-state index is 4.50. The Labute approximate surface area is 112 Å². The van der Waals surface area contributed by atoms with Crippen LogP contribution in [0.4, 0.5) is 0 Å². The molecule has 1 aliphatic carbocycles. The molecule has 1 aromatic rings. The van der Waals surface area contributed by atoms with Crippen molar-refractivity contribution in [2.75, 3.05) is 12.3 Å². The average molecular weight is 271 g/mol. The first-order valence-corrected chi connectivity index (χ1v) is 8.28. The van der Waals surface area contributed by atoms with Gasteiger partial charge >= 0.3 is 0 Å². The first kappa shape index (κ1) is 13.3. The molecule has 1 heterocycles. The van der Waals surface area contributed by atoms with Crippen LogP contribution in [-0.2, 0) is 6.42 Å². The molecule has 1 saturated carbocycles. The molecule has 17 heavy (non-hydrogen) atoms. The van der Waals surface area contributed by atoms with E-state index in [4.69, 9.17) is 0 Å². The number of aromatic nitrogens is 2. The van der Waals surface area contributed by atoms with Crippen LogP contribution in [0.2, 0.25) is 0 Å². The maximum Gasteiger partial charge on any atom is 0.170 e. The van der Waals surface area contributed by atoms with Crippen molar-refractivity contribution in [2.24, 2.45) is 5.92 Å². The molecule has 0 saturated heterocycles. The Bertz CT molecular complexity index is 336. The molecule has 0 bridgehead atoms. The fourth-order valence-corrected chi connectivity index (χ4v) is 3.70. The van der Waals surface area contributed by atoms with Crippen LogP contribution >= 0.6 is 23.3 Å². The molecule has 2 rings (SSSR count). The molecule has 0 aromatic carbocycles. The summed E-state index contributed by atoms with van der Waals surface area (Å²) in [5.41, 5.74) is 0. The number of aryl methyl sites for hydroxylation is 1. The minimum Gasteiger partial charge on any atom is -0.313 e. The summed E-state index contributed by atoms with van der Waals surface area (Å²) in [6, 6.07) is 0.675. The number of nitrogens with zero attached hydrogens (tertiary/aromatic N) is 2. The zero-order chi connectivity index (χ0) is 12.1. The van der Waals surface area contributed by atoms with Gasteiger partial charge in [-0.3, -0.25) is 0 Å². The molecule has 5 heteroatoms. The van der Waals surface area contributed by atoms with Crippen molar-refractivity contribution in [1.82, 2.24) is 14.7 Å². The molecule has 0 spiro atoms. The topological polar surface area (TPSA) is 37.8 Å². The molecule has 1 aromatic heterocycles. The summed E-state index contributed by atoms with van der Waals surface area (Å²) >= 11 is 3.41. The second kappa shape index (κ2) is 6.71. The zero-order valence-corrected chi connectivity index (χ0v) is 12.2. The van der Waals surface area contributed by atoms with Crippen LogP contribution < -0.4 is 5.32 Å². The number of nitrogens with one attached hydrogen (secondary N) is 1. The summed E-state index contributed by atoms with van der Waals surface area (Å²) in [6.07, 6.45) is 4.96. The number of rotatable bonds is 8. The van der Waals surface area contributed by atoms with Crippen molar-refractivity contribution in [1.29, 1.82) is 0 Å². The Morgan fingerprint density at radius 3 is 2.88 bits per heavy atom. The molecule has 0 amide bonds. The summed E-state index contributed by atoms with van der Waals surface area (Å²) in [4.78, 5) is 4.50. The van der Waals surface area contributed by atoms with Gasteiger partial charge in [-0.2, -0.15) is 4.37 Å². The number of hydrogen-bond acceptors (Lipinski definition) is 5. The smallest absolute Gasteiger partial charge is 0.170 e. The van der Waals surface area contributed by atoms with E-state index < -0.39 is 0 Å². The molecule has 1 aliphatic rings. The van der Waals surface area contributed by atoms with Crippen LogP contribution in [0.1, 0.15) is 38.9 Å². The van der Waals surface area contributed by atoms with Gasteiger partial charge in [0.25, 0.3) is 0 Å². The SMILES string of the molecule is CCCNC(CSc1nc(CC)ns1)C1CC1. The zero-order valence-electron chi connectivity index (χ0n) is 10.6. The van der Waals surface area contributed by atoms with E-state index in [1.807, 2.05) is 11.8 Å². The molecule has 0 radical (unpaired) electrons. The third kappa shape index (κ3) is 4.23. The summed E-state index contributed by atoms with van der Waals surface area (Å²) < 4.78 is 5.45. The quantitative estimate of drug-likeness (QED) is 0.738. The predicted octanol–water partition coefficient (Wildman–Crippen LogP) is 2.97. The molecule has 3 nitrogen and oxygen atoms in total. The molecular formula is C12H21N3S2. The van der Waals surface area contributed by atoms with Crippen LogP contribution in [0.25, 0.3) is 0 Å². The number of hydrogen-bond donors (Lipinski definition) is 1. The minimum absolute atomic E-state index is 0.675. The van der Waals surface area contributed by atoms with Crippen molar-refractivity contribution >= 4 is 23.3 Å². The third-order valence-corrected chi connectivity index (χ3v) is 4.99. The second-order valence-corrected chi connectivity index (χ2v) is 6.56. The highest BCUT2D eigenvalue weighted by molar-refractivity contribution is 8.00. The van der Waals surface area contributed by atoms with Crippen LogP contribution in [0.3, 0.4) is 0 Å². The van der Waals surface area contributed by atoms with Crippen molar-refractivity contribution in [3.63, 3.8) is 0 Å². The van der Waals surface area contributed by atoms with E-state index >= 15 is 0 Å². The normalized spacial score (nSPS) is 17.3. The predicted molar refractivity (Wildman–Crippen MR) is 74.8 cm³/mol. The van der Waals surface area contributed by atoms with Crippen LogP contribution in [0.15, 0.2) is 4.34 Å². The van der Waals surface area contributed by atoms with Gasteiger partial charge in [-0.05, 0) is 43.3 Å². The summed E-state index contributed by atoms with van der Waals surface area (Å²) in [6.45, 7) is 5.47. The Hall–Kier alpha value is -0.130. The Balaban J connectivity index is 1.77. The van der Waals surface area contributed by atoms with Gasteiger partial charge in [0, 0.05) is 18.2 Å². The lowest BCUT2D eigenvalue weighted by molar-refractivity contribution is 0.503. The van der Waals surface area contributed by atoms with Gasteiger partial charge in [-0.25, -0.2) is 4.98 Å². The summed E-state index contributed by atoms with van der Waals surface area (Å²) in [5, 5.41) is 3.66. The fourth-order valence-electron chi connectivity index (χ4n) is 1.79. The Kier molecular flexibility index (Phi) is 5.25. The Morgan fingerprint density at radius 2 is 2.29 bits per heavy atom. The highest BCUT2D eigenvalue weighted by atomic mass is 32.2. The van der Waals surface area contributed by atoms with E-state index in [-0.39, 0.29) is 0 Å². The van der Waals surface area contributed by atoms with Crippen LogP contribution in [-0.4, -0.2) is 27.7 Å². The van der Waals surface area contributed by atoms with E-state index in [1.54, 1.807) is 11.5 Å². The molecule has 0 aliphatic heterocycles. The maximum absolute atomic E-state index is 4.50. The fraction of sp³-hybridized carbons (Fsp3) is 0.833. The largest absolute Gasteiger partial charge is 0.313 e. The van der Waals surface area contributed by atoms with E-state index in [1.165, 1.54) is 19.3 Å². The monoisotopic (exact) mass is 271 g/mol. The van der Waals surface area contributed by atoms with Crippen molar-refractivity contribution in [3.05, 3.63) is 5.82 Å². The minimum atomic E-state index is 0.675. The molecule has 1 atom stereocenters. The van der Waals surface area contributed by atoms with E-state index in [0.29, 0.717) is 6.04 Å². The molecule has 1 N–H and O–H groups in total. The van der Waals surface area contributed by atoms with Crippen LogP contribution in [0, 0.1) is 5.92 Å². The highest BCUT2D eigenvalue weighted by Crippen LogP contribution is 2.35. The summed E-state index contributed by atoms with van der Waals surface area (Å²) in [5.74, 6) is 3.04. The van der Waals surface area contributed by atoms with Gasteiger partial charge < -0.3 is 5.32 Å². The van der Waals surface area contributed by atoms with Gasteiger partial charge in [-0.15, -0.1) is 0 Å². The highest BCUT2D eigenvalue weighted by Gasteiger charge is 2.30. The van der Waals surface area contributed by atoms with Gasteiger partial charge in [0.2, 0.25) is 0 Å². The van der Waals surface area contributed by atoms with Crippen molar-refractivity contribution in [3.8, 4) is 0 Å². The average Bonchev–Trinajstić information content (AvgIpc) is 3.08. The van der Waals surface area contributed by atoms with Gasteiger partial charge in [0.05, 0.1) is 0 Å². The molecule has 1 unspecified atom stereocenters. The van der Waals surface area contributed by atoms with Crippen LogP contribution in [0.5, 0.6) is 0 Å². The Morgan fingerprint density at radius 1 is 1.47 bits per heavy atom. The van der Waals surface area contributed by atoms with E-state index in [9.17, 15) is 0 Å². The molecule has 96 valence electrons. The van der Waals surface area contributed by atoms with Gasteiger partial charge in [0.1, 0.15) is 5.82 Å². The van der Waals surface area contributed by atoms with Crippen molar-refractivity contribution < 1.29 is 0 Å². The lowest BCUT2D eigenvalue weighted by Crippen LogP contribution is -2.33. The lowest BCUT2D eigenvalue weighted by atomic mass is 10.2. The molecular weight excluding hydrogens is 250 g/mol. The standard InChI is InChI=1S/C12H21N3S2/c1-3-7-13-10(9-5-6-9)8-16-12-14-11(4-2)15-17-12/h9-10,13H,3-8H2,1-2H3.